The molecular weight excluding hydrogens is 267 g/mol. The van der Waals surface area contributed by atoms with Crippen molar-refractivity contribution in [3.05, 3.63) is 29.3 Å². The summed E-state index contributed by atoms with van der Waals surface area (Å²) >= 11 is 0. The van der Waals surface area contributed by atoms with Crippen molar-refractivity contribution in [2.45, 2.75) is 19.1 Å². The van der Waals surface area contributed by atoms with Crippen LogP contribution in [-0.2, 0) is 12.7 Å². The van der Waals surface area contributed by atoms with E-state index in [0.29, 0.717) is 0 Å². The van der Waals surface area contributed by atoms with Crippen LogP contribution in [0.15, 0.2) is 18.2 Å². The number of alkyl halides is 3. The summed E-state index contributed by atoms with van der Waals surface area (Å²) in [4.78, 5) is 3.95. The second-order valence-corrected chi connectivity index (χ2v) is 5.31. The minimum atomic E-state index is -4.37. The molecule has 114 valence electrons. The summed E-state index contributed by atoms with van der Waals surface area (Å²) in [7, 11) is 5.77. The van der Waals surface area contributed by atoms with E-state index in [0.717, 1.165) is 25.6 Å². The Bertz CT molecular complexity index is 430. The average Bonchev–Trinajstić information content (AvgIpc) is 2.29. The maximum Gasteiger partial charge on any atom is 0.416 e. The van der Waals surface area contributed by atoms with Gasteiger partial charge in [0.1, 0.15) is 0 Å². The van der Waals surface area contributed by atoms with Crippen LogP contribution >= 0.6 is 0 Å². The molecule has 1 aromatic carbocycles. The number of nitrogens with two attached hydrogens (primary N) is 1. The highest BCUT2D eigenvalue weighted by atomic mass is 19.4. The molecular formula is C14H22F3N3. The van der Waals surface area contributed by atoms with Gasteiger partial charge in [-0.25, -0.2) is 0 Å². The van der Waals surface area contributed by atoms with E-state index in [2.05, 4.69) is 4.90 Å². The average molecular weight is 289 g/mol. The van der Waals surface area contributed by atoms with Crippen LogP contribution in [0.2, 0.25) is 0 Å². The summed E-state index contributed by atoms with van der Waals surface area (Å²) in [6.45, 7) is 1.93. The maximum absolute atomic E-state index is 13.0. The Labute approximate surface area is 118 Å². The van der Waals surface area contributed by atoms with Crippen molar-refractivity contribution < 1.29 is 13.2 Å². The lowest BCUT2D eigenvalue weighted by Crippen LogP contribution is -2.24. The third-order valence-corrected chi connectivity index (χ3v) is 3.02. The van der Waals surface area contributed by atoms with Gasteiger partial charge in [-0.05, 0) is 58.3 Å². The summed E-state index contributed by atoms with van der Waals surface area (Å²) in [6.07, 6.45) is -3.45. The lowest BCUT2D eigenvalue weighted by Gasteiger charge is -2.21. The first-order valence-corrected chi connectivity index (χ1v) is 6.49. The maximum atomic E-state index is 13.0. The lowest BCUT2D eigenvalue weighted by molar-refractivity contribution is -0.138. The molecule has 0 aromatic heterocycles. The molecule has 1 rings (SSSR count). The van der Waals surface area contributed by atoms with Gasteiger partial charge >= 0.3 is 6.18 Å². The Morgan fingerprint density at radius 1 is 1.10 bits per heavy atom. The van der Waals surface area contributed by atoms with Gasteiger partial charge in [-0.3, -0.25) is 0 Å². The summed E-state index contributed by atoms with van der Waals surface area (Å²) < 4.78 is 38.9. The molecule has 0 bridgehead atoms. The topological polar surface area (TPSA) is 32.5 Å². The number of anilines is 1. The predicted molar refractivity (Wildman–Crippen MR) is 75.4 cm³/mol. The van der Waals surface area contributed by atoms with E-state index in [4.69, 9.17) is 5.73 Å². The highest BCUT2D eigenvalue weighted by Gasteiger charge is 2.33. The monoisotopic (exact) mass is 289 g/mol. The fraction of sp³-hybridized carbons (Fsp3) is 0.571. The number of nitrogen functional groups attached to an aromatic ring is 1. The Kier molecular flexibility index (Phi) is 5.83. The molecule has 0 atom stereocenters. The molecule has 0 heterocycles. The number of hydrogen-bond acceptors (Lipinski definition) is 3. The zero-order chi connectivity index (χ0) is 15.3. The molecule has 0 radical (unpaired) electrons. The Balaban J connectivity index is 2.72. The third kappa shape index (κ3) is 5.38. The third-order valence-electron chi connectivity index (χ3n) is 3.02. The summed E-state index contributed by atoms with van der Waals surface area (Å²) in [5, 5.41) is 0. The quantitative estimate of drug-likeness (QED) is 0.817. The summed E-state index contributed by atoms with van der Waals surface area (Å²) in [5.74, 6) is 0. The molecule has 1 aromatic rings. The van der Waals surface area contributed by atoms with Crippen LogP contribution in [0.5, 0.6) is 0 Å². The van der Waals surface area contributed by atoms with Crippen molar-refractivity contribution in [2.75, 3.05) is 40.0 Å². The number of hydrogen-bond donors (Lipinski definition) is 1. The molecule has 0 fully saturated rings. The zero-order valence-corrected chi connectivity index (χ0v) is 12.2. The van der Waals surface area contributed by atoms with Crippen molar-refractivity contribution in [1.29, 1.82) is 0 Å². The van der Waals surface area contributed by atoms with Crippen LogP contribution in [0.3, 0.4) is 0 Å². The molecule has 0 aliphatic carbocycles. The Morgan fingerprint density at radius 2 is 1.75 bits per heavy atom. The van der Waals surface area contributed by atoms with Gasteiger partial charge in [-0.1, -0.05) is 6.07 Å². The highest BCUT2D eigenvalue weighted by Crippen LogP contribution is 2.33. The standard InChI is InChI=1S/C14H22F3N3/c1-19(2)7-4-8-20(3)10-11-5-6-12(18)9-13(11)14(15,16)17/h5-6,9H,4,7-8,10,18H2,1-3H3. The number of rotatable bonds is 6. The molecule has 0 saturated carbocycles. The SMILES string of the molecule is CN(C)CCCN(C)Cc1ccc(N)cc1C(F)(F)F. The van der Waals surface area contributed by atoms with Gasteiger partial charge in [0, 0.05) is 12.2 Å². The smallest absolute Gasteiger partial charge is 0.399 e. The number of benzene rings is 1. The van der Waals surface area contributed by atoms with Gasteiger partial charge in [0.05, 0.1) is 5.56 Å². The number of nitrogens with zero attached hydrogens (tertiary/aromatic N) is 2. The molecule has 3 nitrogen and oxygen atoms in total. The fourth-order valence-corrected chi connectivity index (χ4v) is 2.02. The van der Waals surface area contributed by atoms with Gasteiger partial charge in [0.15, 0.2) is 0 Å². The first-order chi connectivity index (χ1) is 9.20. The summed E-state index contributed by atoms with van der Waals surface area (Å²) in [6, 6.07) is 3.97. The number of halogens is 3. The van der Waals surface area contributed by atoms with Crippen molar-refractivity contribution in [3.63, 3.8) is 0 Å². The Morgan fingerprint density at radius 3 is 2.30 bits per heavy atom. The van der Waals surface area contributed by atoms with E-state index < -0.39 is 11.7 Å². The van der Waals surface area contributed by atoms with E-state index in [1.54, 1.807) is 0 Å². The van der Waals surface area contributed by atoms with Gasteiger partial charge < -0.3 is 15.5 Å². The van der Waals surface area contributed by atoms with Gasteiger partial charge in [0.2, 0.25) is 0 Å². The molecule has 6 heteroatoms. The largest absolute Gasteiger partial charge is 0.416 e. The molecule has 2 N–H and O–H groups in total. The molecule has 0 unspecified atom stereocenters. The molecule has 0 spiro atoms. The summed E-state index contributed by atoms with van der Waals surface area (Å²) in [5.41, 5.74) is 5.21. The second-order valence-electron chi connectivity index (χ2n) is 5.31. The minimum absolute atomic E-state index is 0.135. The van der Waals surface area contributed by atoms with Crippen molar-refractivity contribution in [2.24, 2.45) is 0 Å². The van der Waals surface area contributed by atoms with E-state index in [1.807, 2.05) is 26.0 Å². The van der Waals surface area contributed by atoms with Gasteiger partial charge in [0.25, 0.3) is 0 Å². The molecule has 0 aliphatic rings. The first kappa shape index (κ1) is 16.8. The van der Waals surface area contributed by atoms with E-state index in [1.165, 1.54) is 12.1 Å². The minimum Gasteiger partial charge on any atom is -0.399 e. The van der Waals surface area contributed by atoms with Crippen LogP contribution in [0.4, 0.5) is 18.9 Å². The molecule has 0 aliphatic heterocycles. The van der Waals surface area contributed by atoms with Crippen LogP contribution in [-0.4, -0.2) is 44.0 Å². The molecule has 0 amide bonds. The van der Waals surface area contributed by atoms with Gasteiger partial charge in [-0.15, -0.1) is 0 Å². The van der Waals surface area contributed by atoms with Gasteiger partial charge in [-0.2, -0.15) is 13.2 Å². The van der Waals surface area contributed by atoms with E-state index >= 15 is 0 Å². The van der Waals surface area contributed by atoms with Crippen molar-refractivity contribution >= 4 is 5.69 Å². The lowest BCUT2D eigenvalue weighted by atomic mass is 10.1. The fourth-order valence-electron chi connectivity index (χ4n) is 2.02. The normalized spacial score (nSPS) is 12.4. The second kappa shape index (κ2) is 6.95. The zero-order valence-electron chi connectivity index (χ0n) is 12.2. The Hall–Kier alpha value is -1.27. The molecule has 0 saturated heterocycles. The van der Waals surface area contributed by atoms with Crippen molar-refractivity contribution in [1.82, 2.24) is 9.80 Å². The van der Waals surface area contributed by atoms with E-state index in [-0.39, 0.29) is 17.8 Å². The van der Waals surface area contributed by atoms with Crippen LogP contribution in [0, 0.1) is 0 Å². The highest BCUT2D eigenvalue weighted by molar-refractivity contribution is 5.46. The van der Waals surface area contributed by atoms with Crippen LogP contribution < -0.4 is 5.73 Å². The van der Waals surface area contributed by atoms with Crippen LogP contribution in [0.1, 0.15) is 17.5 Å². The first-order valence-electron chi connectivity index (χ1n) is 6.49. The molecule has 20 heavy (non-hydrogen) atoms. The van der Waals surface area contributed by atoms with E-state index in [9.17, 15) is 13.2 Å². The van der Waals surface area contributed by atoms with Crippen molar-refractivity contribution in [3.8, 4) is 0 Å². The van der Waals surface area contributed by atoms with Crippen LogP contribution in [0.25, 0.3) is 0 Å². The predicted octanol–water partition coefficient (Wildman–Crippen LogP) is 2.67.